The van der Waals surface area contributed by atoms with E-state index in [1.54, 1.807) is 6.07 Å². The Morgan fingerprint density at radius 3 is 3.11 bits per heavy atom. The summed E-state index contributed by atoms with van der Waals surface area (Å²) in [6, 6.07) is 1.61. The molecule has 0 aromatic carbocycles. The quantitative estimate of drug-likeness (QED) is 0.839. The molecule has 1 aliphatic rings. The van der Waals surface area contributed by atoms with Crippen LogP contribution in [0.5, 0.6) is 0 Å². The van der Waals surface area contributed by atoms with Crippen LogP contribution < -0.4 is 5.73 Å². The number of hydrogen-bond acceptors (Lipinski definition) is 6. The van der Waals surface area contributed by atoms with Crippen LogP contribution in [0.25, 0.3) is 11.4 Å². The molecule has 0 bridgehead atoms. The molecule has 1 atom stereocenters. The van der Waals surface area contributed by atoms with Gasteiger partial charge in [-0.2, -0.15) is 4.98 Å². The highest BCUT2D eigenvalue weighted by Crippen LogP contribution is 2.30. The number of nitrogens with zero attached hydrogens (tertiary/aromatic N) is 3. The van der Waals surface area contributed by atoms with Crippen molar-refractivity contribution in [3.05, 3.63) is 23.3 Å². The van der Waals surface area contributed by atoms with Gasteiger partial charge < -0.3 is 15.0 Å². The monoisotopic (exact) mass is 266 g/mol. The van der Waals surface area contributed by atoms with Crippen LogP contribution >= 0.6 is 11.6 Å². The van der Waals surface area contributed by atoms with E-state index in [0.29, 0.717) is 28.1 Å². The third kappa shape index (κ3) is 2.04. The maximum absolute atomic E-state index is 5.82. The summed E-state index contributed by atoms with van der Waals surface area (Å²) in [6.07, 6.45) is 3.27. The molecule has 0 unspecified atom stereocenters. The Labute approximate surface area is 108 Å². The first-order valence-corrected chi connectivity index (χ1v) is 5.98. The van der Waals surface area contributed by atoms with Crippen molar-refractivity contribution in [2.24, 2.45) is 0 Å². The average Bonchev–Trinajstić information content (AvgIpc) is 3.00. The lowest BCUT2D eigenvalue weighted by Gasteiger charge is -2.01. The van der Waals surface area contributed by atoms with E-state index in [1.165, 1.54) is 6.20 Å². The zero-order valence-corrected chi connectivity index (χ0v) is 10.2. The molecule has 2 aromatic heterocycles. The highest BCUT2D eigenvalue weighted by atomic mass is 35.5. The minimum absolute atomic E-state index is 0.107. The fourth-order valence-electron chi connectivity index (χ4n) is 1.88. The van der Waals surface area contributed by atoms with Gasteiger partial charge in [-0.15, -0.1) is 0 Å². The smallest absolute Gasteiger partial charge is 0.256 e. The normalized spacial score (nSPS) is 19.3. The zero-order chi connectivity index (χ0) is 12.5. The third-order valence-electron chi connectivity index (χ3n) is 2.79. The average molecular weight is 267 g/mol. The predicted octanol–water partition coefficient (Wildman–Crippen LogP) is 2.22. The Morgan fingerprint density at radius 2 is 2.33 bits per heavy atom. The summed E-state index contributed by atoms with van der Waals surface area (Å²) >= 11 is 5.82. The third-order valence-corrected chi connectivity index (χ3v) is 3.00. The molecule has 7 heteroatoms. The molecule has 6 nitrogen and oxygen atoms in total. The molecule has 0 aliphatic carbocycles. The standard InChI is InChI=1S/C11H11ClN4O2/c12-9-4-6(7(13)5-14-9)10-15-11(18-16-10)8-2-1-3-17-8/h4-5,8H,1-3,13H2/t8-/m1/s1. The Balaban J connectivity index is 1.94. The lowest BCUT2D eigenvalue weighted by molar-refractivity contribution is 0.0835. The lowest BCUT2D eigenvalue weighted by atomic mass is 10.2. The van der Waals surface area contributed by atoms with Crippen LogP contribution in [-0.2, 0) is 4.74 Å². The number of rotatable bonds is 2. The van der Waals surface area contributed by atoms with Gasteiger partial charge in [0.2, 0.25) is 5.82 Å². The fraction of sp³-hybridized carbons (Fsp3) is 0.364. The highest BCUT2D eigenvalue weighted by molar-refractivity contribution is 6.29. The zero-order valence-electron chi connectivity index (χ0n) is 9.47. The maximum atomic E-state index is 5.82. The maximum Gasteiger partial charge on any atom is 0.256 e. The van der Waals surface area contributed by atoms with Gasteiger partial charge in [0.15, 0.2) is 0 Å². The summed E-state index contributed by atoms with van der Waals surface area (Å²) in [5.41, 5.74) is 6.88. The van der Waals surface area contributed by atoms with Crippen LogP contribution in [0.4, 0.5) is 5.69 Å². The van der Waals surface area contributed by atoms with Crippen molar-refractivity contribution >= 4 is 17.3 Å². The van der Waals surface area contributed by atoms with E-state index < -0.39 is 0 Å². The van der Waals surface area contributed by atoms with E-state index in [2.05, 4.69) is 15.1 Å². The molecule has 0 amide bonds. The van der Waals surface area contributed by atoms with Gasteiger partial charge >= 0.3 is 0 Å². The van der Waals surface area contributed by atoms with Gasteiger partial charge in [-0.3, -0.25) is 0 Å². The van der Waals surface area contributed by atoms with E-state index in [4.69, 9.17) is 26.6 Å². The molecular formula is C11H11ClN4O2. The van der Waals surface area contributed by atoms with Crippen molar-refractivity contribution in [1.29, 1.82) is 0 Å². The van der Waals surface area contributed by atoms with Crippen LogP contribution in [0.1, 0.15) is 24.8 Å². The lowest BCUT2D eigenvalue weighted by Crippen LogP contribution is -1.96. The molecule has 94 valence electrons. The Hall–Kier alpha value is -1.66. The van der Waals surface area contributed by atoms with Crippen molar-refractivity contribution < 1.29 is 9.26 Å². The van der Waals surface area contributed by atoms with Crippen molar-refractivity contribution in [1.82, 2.24) is 15.1 Å². The van der Waals surface area contributed by atoms with Gasteiger partial charge in [-0.25, -0.2) is 4.98 Å². The molecule has 0 saturated carbocycles. The van der Waals surface area contributed by atoms with Gasteiger partial charge in [-0.05, 0) is 18.9 Å². The van der Waals surface area contributed by atoms with Crippen molar-refractivity contribution in [2.75, 3.05) is 12.3 Å². The van der Waals surface area contributed by atoms with Gasteiger partial charge in [0, 0.05) is 6.61 Å². The molecule has 1 aliphatic heterocycles. The van der Waals surface area contributed by atoms with Crippen LogP contribution in [0.3, 0.4) is 0 Å². The van der Waals surface area contributed by atoms with E-state index in [9.17, 15) is 0 Å². The first kappa shape index (κ1) is 11.4. The van der Waals surface area contributed by atoms with Gasteiger partial charge in [0.25, 0.3) is 5.89 Å². The van der Waals surface area contributed by atoms with Crippen LogP contribution in [-0.4, -0.2) is 21.7 Å². The molecule has 3 heterocycles. The topological polar surface area (TPSA) is 87.1 Å². The summed E-state index contributed by atoms with van der Waals surface area (Å²) in [6.45, 7) is 0.728. The number of anilines is 1. The second-order valence-electron chi connectivity index (χ2n) is 4.05. The number of ether oxygens (including phenoxy) is 1. The fourth-order valence-corrected chi connectivity index (χ4v) is 2.04. The molecule has 1 saturated heterocycles. The molecular weight excluding hydrogens is 256 g/mol. The van der Waals surface area contributed by atoms with Gasteiger partial charge in [-0.1, -0.05) is 16.8 Å². The van der Waals surface area contributed by atoms with Crippen molar-refractivity contribution in [3.8, 4) is 11.4 Å². The summed E-state index contributed by atoms with van der Waals surface area (Å²) < 4.78 is 10.7. The minimum Gasteiger partial charge on any atom is -0.397 e. The first-order valence-electron chi connectivity index (χ1n) is 5.60. The van der Waals surface area contributed by atoms with Gasteiger partial charge in [0.1, 0.15) is 11.3 Å². The summed E-state index contributed by atoms with van der Waals surface area (Å²) in [7, 11) is 0. The molecule has 3 rings (SSSR count). The van der Waals surface area contributed by atoms with Gasteiger partial charge in [0.05, 0.1) is 17.4 Å². The molecule has 1 fully saturated rings. The number of hydrogen-bond donors (Lipinski definition) is 1. The number of halogens is 1. The molecule has 0 spiro atoms. The highest BCUT2D eigenvalue weighted by Gasteiger charge is 2.24. The van der Waals surface area contributed by atoms with Crippen molar-refractivity contribution in [3.63, 3.8) is 0 Å². The Morgan fingerprint density at radius 1 is 1.44 bits per heavy atom. The van der Waals surface area contributed by atoms with Crippen LogP contribution in [0.2, 0.25) is 5.15 Å². The number of aromatic nitrogens is 3. The minimum atomic E-state index is -0.107. The summed E-state index contributed by atoms with van der Waals surface area (Å²) in [5, 5.41) is 4.24. The van der Waals surface area contributed by atoms with E-state index in [0.717, 1.165) is 19.4 Å². The molecule has 18 heavy (non-hydrogen) atoms. The summed E-state index contributed by atoms with van der Waals surface area (Å²) in [5.74, 6) is 0.886. The molecule has 2 aromatic rings. The molecule has 2 N–H and O–H groups in total. The number of nitrogen functional groups attached to an aromatic ring is 1. The van der Waals surface area contributed by atoms with Crippen LogP contribution in [0, 0.1) is 0 Å². The predicted molar refractivity (Wildman–Crippen MR) is 64.9 cm³/mol. The largest absolute Gasteiger partial charge is 0.397 e. The first-order chi connectivity index (χ1) is 8.74. The number of nitrogens with two attached hydrogens (primary N) is 1. The van der Waals surface area contributed by atoms with Crippen LogP contribution in [0.15, 0.2) is 16.8 Å². The number of pyridine rings is 1. The Bertz CT molecular complexity index is 566. The van der Waals surface area contributed by atoms with E-state index >= 15 is 0 Å². The van der Waals surface area contributed by atoms with Crippen molar-refractivity contribution in [2.45, 2.75) is 18.9 Å². The second kappa shape index (κ2) is 4.55. The summed E-state index contributed by atoms with van der Waals surface area (Å²) in [4.78, 5) is 8.17. The molecule has 0 radical (unpaired) electrons. The van der Waals surface area contributed by atoms with E-state index in [-0.39, 0.29) is 6.10 Å². The Kier molecular flexibility index (Phi) is 2.89. The SMILES string of the molecule is Nc1cnc(Cl)cc1-c1noc([C@H]2CCCO2)n1. The second-order valence-corrected chi connectivity index (χ2v) is 4.44. The van der Waals surface area contributed by atoms with E-state index in [1.807, 2.05) is 0 Å².